The Morgan fingerprint density at radius 2 is 1.64 bits per heavy atom. The summed E-state index contributed by atoms with van der Waals surface area (Å²) in [7, 11) is 0. The van der Waals surface area contributed by atoms with E-state index in [-0.39, 0.29) is 34.5 Å². The molecule has 2 aromatic rings. The van der Waals surface area contributed by atoms with Crippen molar-refractivity contribution in [3.05, 3.63) is 63.6 Å². The molecule has 3 rings (SSSR count). The summed E-state index contributed by atoms with van der Waals surface area (Å²) >= 11 is 12.2. The summed E-state index contributed by atoms with van der Waals surface area (Å²) in [5.41, 5.74) is 0.264. The van der Waals surface area contributed by atoms with Crippen LogP contribution in [0.5, 0.6) is 0 Å². The second-order valence-electron chi connectivity index (χ2n) is 10.6. The fraction of sp³-hybridized carbons (Fsp3) is 0.429. The molecule has 1 aliphatic carbocycles. The van der Waals surface area contributed by atoms with Crippen LogP contribution < -0.4 is 10.6 Å². The number of anilines is 1. The van der Waals surface area contributed by atoms with Crippen LogP contribution in [0.15, 0.2) is 42.5 Å². The summed E-state index contributed by atoms with van der Waals surface area (Å²) in [5, 5.41) is 24.5. The fourth-order valence-electron chi connectivity index (χ4n) is 4.99. The monoisotopic (exact) mass is 578 g/mol. The number of carbonyl (C=O) groups excluding carboxylic acids is 2. The zero-order chi connectivity index (χ0) is 29.0. The Morgan fingerprint density at radius 1 is 1.03 bits per heavy atom. The Labute approximate surface area is 236 Å². The molecule has 0 aromatic heterocycles. The van der Waals surface area contributed by atoms with Gasteiger partial charge in [-0.05, 0) is 53.5 Å². The number of carboxylic acid groups (broad SMARTS) is 2. The van der Waals surface area contributed by atoms with Crippen molar-refractivity contribution in [3.8, 4) is 0 Å². The van der Waals surface area contributed by atoms with Crippen molar-refractivity contribution in [2.45, 2.75) is 46.1 Å². The van der Waals surface area contributed by atoms with E-state index in [4.69, 9.17) is 33.0 Å². The minimum atomic E-state index is -1.17. The zero-order valence-electron chi connectivity index (χ0n) is 21.9. The molecular weight excluding hydrogens is 547 g/mol. The van der Waals surface area contributed by atoms with Crippen LogP contribution in [0.4, 0.5) is 5.69 Å². The number of nitrogens with one attached hydrogen (secondary N) is 2. The molecule has 0 radical (unpaired) electrons. The molecule has 4 N–H and O–H groups in total. The van der Waals surface area contributed by atoms with Gasteiger partial charge in [-0.2, -0.15) is 0 Å². The van der Waals surface area contributed by atoms with Gasteiger partial charge in [0.2, 0.25) is 5.91 Å². The van der Waals surface area contributed by atoms with E-state index in [1.807, 2.05) is 20.8 Å². The van der Waals surface area contributed by atoms with Gasteiger partial charge < -0.3 is 25.6 Å². The van der Waals surface area contributed by atoms with E-state index in [0.29, 0.717) is 24.1 Å². The number of amides is 2. The van der Waals surface area contributed by atoms with Gasteiger partial charge in [0.05, 0.1) is 22.2 Å². The normalized spacial score (nSPS) is 20.7. The predicted octanol–water partition coefficient (Wildman–Crippen LogP) is 4.90. The van der Waals surface area contributed by atoms with Crippen molar-refractivity contribution in [3.63, 3.8) is 0 Å². The molecule has 0 heterocycles. The van der Waals surface area contributed by atoms with Crippen LogP contribution in [-0.2, 0) is 25.5 Å². The van der Waals surface area contributed by atoms with Crippen LogP contribution in [0.1, 0.15) is 49.5 Å². The third kappa shape index (κ3) is 7.09. The highest BCUT2D eigenvalue weighted by Crippen LogP contribution is 2.56. The SMILES string of the molecule is CC1(C)[C@@H](C(=O)NC(Cc2ccc(NC(=O)c3c(Cl)cccc3Cl)cc2)C(=O)O)CC[C@@]1(C)COCC(=O)O. The lowest BCUT2D eigenvalue weighted by molar-refractivity contribution is -0.145. The molecule has 0 bridgehead atoms. The maximum absolute atomic E-state index is 13.2. The van der Waals surface area contributed by atoms with Crippen LogP contribution in [0.3, 0.4) is 0 Å². The summed E-state index contributed by atoms with van der Waals surface area (Å²) in [6.07, 6.45) is 1.21. The molecule has 1 fully saturated rings. The Kier molecular flexibility index (Phi) is 9.64. The van der Waals surface area contributed by atoms with Crippen LogP contribution in [0.2, 0.25) is 10.0 Å². The molecule has 0 spiro atoms. The summed E-state index contributed by atoms with van der Waals surface area (Å²) < 4.78 is 5.35. The third-order valence-corrected chi connectivity index (χ3v) is 8.46. The van der Waals surface area contributed by atoms with Gasteiger partial charge in [0, 0.05) is 18.0 Å². The number of carboxylic acids is 2. The fourth-order valence-corrected chi connectivity index (χ4v) is 5.56. The van der Waals surface area contributed by atoms with Gasteiger partial charge in [0.15, 0.2) is 0 Å². The highest BCUT2D eigenvalue weighted by Gasteiger charge is 2.54. The molecular formula is C28H32Cl2N2O7. The lowest BCUT2D eigenvalue weighted by Gasteiger charge is -2.41. The van der Waals surface area contributed by atoms with E-state index in [9.17, 15) is 24.3 Å². The first-order valence-electron chi connectivity index (χ1n) is 12.4. The van der Waals surface area contributed by atoms with E-state index < -0.39 is 47.2 Å². The van der Waals surface area contributed by atoms with Gasteiger partial charge in [-0.3, -0.25) is 9.59 Å². The van der Waals surface area contributed by atoms with E-state index in [0.717, 1.165) is 0 Å². The van der Waals surface area contributed by atoms with Crippen LogP contribution in [0, 0.1) is 16.7 Å². The number of benzene rings is 2. The molecule has 0 saturated heterocycles. The number of hydrogen-bond donors (Lipinski definition) is 4. The minimum Gasteiger partial charge on any atom is -0.480 e. The molecule has 11 heteroatoms. The number of ether oxygens (including phenoxy) is 1. The highest BCUT2D eigenvalue weighted by molar-refractivity contribution is 6.40. The summed E-state index contributed by atoms with van der Waals surface area (Å²) in [6.45, 7) is 5.57. The van der Waals surface area contributed by atoms with Crippen molar-refractivity contribution in [1.82, 2.24) is 5.32 Å². The summed E-state index contributed by atoms with van der Waals surface area (Å²) in [5.74, 6) is -3.54. The van der Waals surface area contributed by atoms with E-state index in [1.165, 1.54) is 0 Å². The average Bonchev–Trinajstić information content (AvgIpc) is 3.07. The molecule has 1 unspecified atom stereocenters. The smallest absolute Gasteiger partial charge is 0.329 e. The first-order chi connectivity index (χ1) is 18.2. The van der Waals surface area contributed by atoms with Crippen LogP contribution in [0.25, 0.3) is 0 Å². The lowest BCUT2D eigenvalue weighted by atomic mass is 9.66. The van der Waals surface area contributed by atoms with Gasteiger partial charge in [-0.1, -0.05) is 62.2 Å². The van der Waals surface area contributed by atoms with Crippen molar-refractivity contribution in [2.24, 2.45) is 16.7 Å². The van der Waals surface area contributed by atoms with E-state index in [1.54, 1.807) is 42.5 Å². The topological polar surface area (TPSA) is 142 Å². The predicted molar refractivity (Wildman–Crippen MR) is 147 cm³/mol. The number of halogens is 2. The lowest BCUT2D eigenvalue weighted by Crippen LogP contribution is -2.49. The van der Waals surface area contributed by atoms with Gasteiger partial charge >= 0.3 is 11.9 Å². The van der Waals surface area contributed by atoms with Crippen LogP contribution in [-0.4, -0.2) is 53.2 Å². The van der Waals surface area contributed by atoms with Gasteiger partial charge in [-0.15, -0.1) is 0 Å². The molecule has 9 nitrogen and oxygen atoms in total. The van der Waals surface area contributed by atoms with E-state index in [2.05, 4.69) is 10.6 Å². The molecule has 2 amide bonds. The standard InChI is InChI=1S/C28H32Cl2N2O7/c1-27(2)18(11-12-28(27,3)15-39-14-22(33)34)24(35)32-21(26(37)38)13-16-7-9-17(10-8-16)31-25(36)23-19(29)5-4-6-20(23)30/h4-10,18,21H,11-15H2,1-3H3,(H,31,36)(H,32,35)(H,33,34)(H,37,38)/t18-,21?,28+/m1/s1. The molecule has 1 aliphatic rings. The maximum Gasteiger partial charge on any atom is 0.329 e. The van der Waals surface area contributed by atoms with Crippen LogP contribution >= 0.6 is 23.2 Å². The molecule has 210 valence electrons. The van der Waals surface area contributed by atoms with Gasteiger partial charge in [-0.25, -0.2) is 9.59 Å². The molecule has 1 saturated carbocycles. The van der Waals surface area contributed by atoms with Crippen molar-refractivity contribution >= 4 is 52.6 Å². The second-order valence-corrected chi connectivity index (χ2v) is 11.4. The second kappa shape index (κ2) is 12.4. The first kappa shape index (κ1) is 30.4. The molecule has 0 aliphatic heterocycles. The van der Waals surface area contributed by atoms with Gasteiger partial charge in [0.1, 0.15) is 12.6 Å². The molecule has 3 atom stereocenters. The Bertz CT molecular complexity index is 1230. The zero-order valence-corrected chi connectivity index (χ0v) is 23.4. The number of aliphatic carboxylic acids is 2. The van der Waals surface area contributed by atoms with Crippen molar-refractivity contribution in [1.29, 1.82) is 0 Å². The van der Waals surface area contributed by atoms with Crippen molar-refractivity contribution in [2.75, 3.05) is 18.5 Å². The van der Waals surface area contributed by atoms with Gasteiger partial charge in [0.25, 0.3) is 5.91 Å². The van der Waals surface area contributed by atoms with Crippen molar-refractivity contribution < 1.29 is 34.1 Å². The molecule has 2 aromatic carbocycles. The quantitative estimate of drug-likeness (QED) is 0.297. The highest BCUT2D eigenvalue weighted by atomic mass is 35.5. The summed E-state index contributed by atoms with van der Waals surface area (Å²) in [6, 6.07) is 10.2. The summed E-state index contributed by atoms with van der Waals surface area (Å²) in [4.78, 5) is 48.7. The Hall–Kier alpha value is -3.14. The molecule has 39 heavy (non-hydrogen) atoms. The average molecular weight is 579 g/mol. The largest absolute Gasteiger partial charge is 0.480 e. The number of hydrogen-bond acceptors (Lipinski definition) is 5. The van der Waals surface area contributed by atoms with E-state index >= 15 is 0 Å². The maximum atomic E-state index is 13.2. The minimum absolute atomic E-state index is 0.0395. The first-order valence-corrected chi connectivity index (χ1v) is 13.2. The Morgan fingerprint density at radius 3 is 2.21 bits per heavy atom. The number of rotatable bonds is 11. The third-order valence-electron chi connectivity index (χ3n) is 7.83. The number of carbonyl (C=O) groups is 4. The Balaban J connectivity index is 1.64.